The molecule has 0 saturated heterocycles. The molecule has 6 heteroatoms. The molecule has 1 aromatic heterocycles. The maximum Gasteiger partial charge on any atom is 0.191 e. The Labute approximate surface area is 127 Å². The first kappa shape index (κ1) is 15.8. The minimum Gasteiger partial charge on any atom is -0.357 e. The molecule has 2 heterocycles. The van der Waals surface area contributed by atoms with Gasteiger partial charge in [-0.1, -0.05) is 13.3 Å². The van der Waals surface area contributed by atoms with Crippen LogP contribution in [0.25, 0.3) is 0 Å². The van der Waals surface area contributed by atoms with Crippen molar-refractivity contribution in [2.24, 2.45) is 4.99 Å². The van der Waals surface area contributed by atoms with Gasteiger partial charge in [-0.3, -0.25) is 4.99 Å². The summed E-state index contributed by atoms with van der Waals surface area (Å²) < 4.78 is 2.31. The summed E-state index contributed by atoms with van der Waals surface area (Å²) in [5.41, 5.74) is 0. The van der Waals surface area contributed by atoms with Crippen LogP contribution in [0, 0.1) is 0 Å². The third-order valence-electron chi connectivity index (χ3n) is 3.66. The molecule has 6 nitrogen and oxygen atoms in total. The number of hydrogen-bond acceptors (Lipinski definition) is 3. The lowest BCUT2D eigenvalue weighted by Crippen LogP contribution is -2.38. The van der Waals surface area contributed by atoms with E-state index in [1.54, 1.807) is 0 Å². The molecule has 0 radical (unpaired) electrons. The van der Waals surface area contributed by atoms with Crippen molar-refractivity contribution >= 4 is 5.96 Å². The van der Waals surface area contributed by atoms with Crippen molar-refractivity contribution in [2.45, 2.75) is 58.9 Å². The molecule has 21 heavy (non-hydrogen) atoms. The Morgan fingerprint density at radius 2 is 2.10 bits per heavy atom. The summed E-state index contributed by atoms with van der Waals surface area (Å²) in [5, 5.41) is 15.3. The zero-order valence-electron chi connectivity index (χ0n) is 13.4. The smallest absolute Gasteiger partial charge is 0.191 e. The fraction of sp³-hybridized carbons (Fsp3) is 0.800. The van der Waals surface area contributed by atoms with E-state index in [1.807, 2.05) is 0 Å². The van der Waals surface area contributed by atoms with Gasteiger partial charge in [0.2, 0.25) is 0 Å². The number of nitrogens with one attached hydrogen (secondary N) is 2. The number of nitrogens with zero attached hydrogens (tertiary/aromatic N) is 4. The zero-order chi connectivity index (χ0) is 14.9. The molecule has 0 spiro atoms. The van der Waals surface area contributed by atoms with Crippen LogP contribution in [0.2, 0.25) is 0 Å². The van der Waals surface area contributed by atoms with Gasteiger partial charge in [0.1, 0.15) is 11.6 Å². The maximum atomic E-state index is 4.50. The average Bonchev–Trinajstić information content (AvgIpc) is 2.72. The average molecular weight is 292 g/mol. The highest BCUT2D eigenvalue weighted by atomic mass is 15.3. The van der Waals surface area contributed by atoms with Crippen molar-refractivity contribution in [3.63, 3.8) is 0 Å². The first-order valence-corrected chi connectivity index (χ1v) is 8.28. The summed E-state index contributed by atoms with van der Waals surface area (Å²) in [5.74, 6) is 3.16. The van der Waals surface area contributed by atoms with Gasteiger partial charge >= 0.3 is 0 Å². The minimum absolute atomic E-state index is 0.841. The van der Waals surface area contributed by atoms with Crippen LogP contribution in [0.1, 0.15) is 51.2 Å². The van der Waals surface area contributed by atoms with Crippen LogP contribution < -0.4 is 10.6 Å². The van der Waals surface area contributed by atoms with Crippen molar-refractivity contribution in [3.05, 3.63) is 11.6 Å². The summed E-state index contributed by atoms with van der Waals surface area (Å²) in [7, 11) is 0. The van der Waals surface area contributed by atoms with E-state index in [9.17, 15) is 0 Å². The van der Waals surface area contributed by atoms with E-state index < -0.39 is 0 Å². The highest BCUT2D eigenvalue weighted by Crippen LogP contribution is 2.14. The van der Waals surface area contributed by atoms with Crippen LogP contribution in [0.5, 0.6) is 0 Å². The number of aromatic nitrogens is 3. The van der Waals surface area contributed by atoms with E-state index in [2.05, 4.69) is 44.2 Å². The third kappa shape index (κ3) is 4.72. The van der Waals surface area contributed by atoms with Gasteiger partial charge < -0.3 is 15.2 Å². The highest BCUT2D eigenvalue weighted by molar-refractivity contribution is 5.79. The highest BCUT2D eigenvalue weighted by Gasteiger charge is 2.14. The number of hydrogen-bond donors (Lipinski definition) is 2. The van der Waals surface area contributed by atoms with Gasteiger partial charge in [0, 0.05) is 39.0 Å². The SMILES string of the molecule is CCCN=C(NCC)NCCc1nnc2n1CCCCC2. The molecule has 1 aliphatic rings. The maximum absolute atomic E-state index is 4.50. The van der Waals surface area contributed by atoms with E-state index in [4.69, 9.17) is 0 Å². The molecule has 118 valence electrons. The van der Waals surface area contributed by atoms with Crippen LogP contribution >= 0.6 is 0 Å². The summed E-state index contributed by atoms with van der Waals surface area (Å²) in [6, 6.07) is 0. The summed E-state index contributed by atoms with van der Waals surface area (Å²) in [4.78, 5) is 4.50. The minimum atomic E-state index is 0.841. The van der Waals surface area contributed by atoms with Crippen molar-refractivity contribution < 1.29 is 0 Å². The van der Waals surface area contributed by atoms with Crippen LogP contribution in [-0.2, 0) is 19.4 Å². The largest absolute Gasteiger partial charge is 0.357 e. The van der Waals surface area contributed by atoms with Crippen LogP contribution in [-0.4, -0.2) is 40.4 Å². The van der Waals surface area contributed by atoms with Gasteiger partial charge in [-0.25, -0.2) is 0 Å². The van der Waals surface area contributed by atoms with Crippen LogP contribution in [0.3, 0.4) is 0 Å². The molecule has 0 atom stereocenters. The summed E-state index contributed by atoms with van der Waals surface area (Å²) >= 11 is 0. The molecule has 0 aromatic carbocycles. The van der Waals surface area contributed by atoms with Crippen LogP contribution in [0.4, 0.5) is 0 Å². The van der Waals surface area contributed by atoms with Crippen molar-refractivity contribution in [1.82, 2.24) is 25.4 Å². The fourth-order valence-corrected chi connectivity index (χ4v) is 2.59. The Balaban J connectivity index is 1.86. The van der Waals surface area contributed by atoms with Crippen molar-refractivity contribution in [1.29, 1.82) is 0 Å². The van der Waals surface area contributed by atoms with E-state index in [-0.39, 0.29) is 0 Å². The number of guanidine groups is 1. The predicted octanol–water partition coefficient (Wildman–Crippen LogP) is 1.51. The summed E-state index contributed by atoms with van der Waals surface area (Å²) in [6.07, 6.45) is 6.81. The first-order valence-electron chi connectivity index (χ1n) is 8.28. The lowest BCUT2D eigenvalue weighted by atomic mass is 10.2. The molecule has 0 aliphatic carbocycles. The van der Waals surface area contributed by atoms with Gasteiger partial charge in [-0.15, -0.1) is 10.2 Å². The van der Waals surface area contributed by atoms with E-state index >= 15 is 0 Å². The second-order valence-electron chi connectivity index (χ2n) is 5.43. The van der Waals surface area contributed by atoms with Crippen molar-refractivity contribution in [3.8, 4) is 0 Å². The molecular formula is C15H28N6. The molecular weight excluding hydrogens is 264 g/mol. The number of rotatable bonds is 6. The van der Waals surface area contributed by atoms with Crippen molar-refractivity contribution in [2.75, 3.05) is 19.6 Å². The van der Waals surface area contributed by atoms with Gasteiger partial charge in [-0.2, -0.15) is 0 Å². The van der Waals surface area contributed by atoms with E-state index in [1.165, 1.54) is 19.3 Å². The Kier molecular flexibility index (Phi) is 6.50. The Hall–Kier alpha value is -1.59. The first-order chi connectivity index (χ1) is 10.3. The van der Waals surface area contributed by atoms with Gasteiger partial charge in [0.25, 0.3) is 0 Å². The van der Waals surface area contributed by atoms with E-state index in [0.717, 1.165) is 63.0 Å². The van der Waals surface area contributed by atoms with Gasteiger partial charge in [0.15, 0.2) is 5.96 Å². The normalized spacial score (nSPS) is 15.4. The lowest BCUT2D eigenvalue weighted by molar-refractivity contribution is 0.600. The van der Waals surface area contributed by atoms with Gasteiger partial charge in [-0.05, 0) is 26.2 Å². The van der Waals surface area contributed by atoms with Gasteiger partial charge in [0.05, 0.1) is 0 Å². The zero-order valence-corrected chi connectivity index (χ0v) is 13.4. The molecule has 0 unspecified atom stereocenters. The third-order valence-corrected chi connectivity index (χ3v) is 3.66. The molecule has 0 fully saturated rings. The molecule has 1 aromatic rings. The molecule has 0 amide bonds. The predicted molar refractivity (Wildman–Crippen MR) is 85.6 cm³/mol. The number of fused-ring (bicyclic) bond motifs is 1. The quantitative estimate of drug-likeness (QED) is 0.616. The number of aliphatic imine (C=N–C) groups is 1. The molecule has 0 saturated carbocycles. The molecule has 1 aliphatic heterocycles. The molecule has 0 bridgehead atoms. The Morgan fingerprint density at radius 3 is 2.90 bits per heavy atom. The molecule has 2 N–H and O–H groups in total. The van der Waals surface area contributed by atoms with Crippen LogP contribution in [0.15, 0.2) is 4.99 Å². The fourth-order valence-electron chi connectivity index (χ4n) is 2.59. The second-order valence-corrected chi connectivity index (χ2v) is 5.43. The monoisotopic (exact) mass is 292 g/mol. The standard InChI is InChI=1S/C15H28N6/c1-3-10-17-15(16-4-2)18-11-9-14-20-19-13-8-6-5-7-12-21(13)14/h3-12H2,1-2H3,(H2,16,17,18). The summed E-state index contributed by atoms with van der Waals surface area (Å²) in [6.45, 7) is 7.88. The van der Waals surface area contributed by atoms with E-state index in [0.29, 0.717) is 0 Å². The second kappa shape index (κ2) is 8.64. The number of aryl methyl sites for hydroxylation is 1. The molecule has 2 rings (SSSR count). The topological polar surface area (TPSA) is 67.1 Å². The Bertz CT molecular complexity index is 451. The lowest BCUT2D eigenvalue weighted by Gasteiger charge is -2.11. The Morgan fingerprint density at radius 1 is 1.19 bits per heavy atom.